The van der Waals surface area contributed by atoms with Gasteiger partial charge in [0, 0.05) is 40.5 Å². The van der Waals surface area contributed by atoms with E-state index < -0.39 is 11.6 Å². The molecule has 0 aliphatic heterocycles. The fourth-order valence-electron chi connectivity index (χ4n) is 2.81. The fraction of sp³-hybridized carbons (Fsp3) is 0.211. The number of hydrogen-bond donors (Lipinski definition) is 1. The maximum atomic E-state index is 14.0. The van der Waals surface area contributed by atoms with Gasteiger partial charge in [-0.05, 0) is 38.1 Å². The van der Waals surface area contributed by atoms with E-state index in [1.165, 1.54) is 22.9 Å². The summed E-state index contributed by atoms with van der Waals surface area (Å²) in [5.41, 5.74) is 2.08. The van der Waals surface area contributed by atoms with Crippen molar-refractivity contribution in [1.29, 1.82) is 0 Å². The van der Waals surface area contributed by atoms with E-state index >= 15 is 0 Å². The molecule has 0 bridgehead atoms. The van der Waals surface area contributed by atoms with Crippen molar-refractivity contribution in [1.82, 2.24) is 15.1 Å². The van der Waals surface area contributed by atoms with Gasteiger partial charge in [0.15, 0.2) is 5.82 Å². The first-order valence-corrected chi connectivity index (χ1v) is 8.42. The van der Waals surface area contributed by atoms with Gasteiger partial charge in [0.05, 0.1) is 6.20 Å². The van der Waals surface area contributed by atoms with Crippen LogP contribution in [0.1, 0.15) is 29.8 Å². The highest BCUT2D eigenvalue weighted by atomic mass is 35.5. The zero-order valence-corrected chi connectivity index (χ0v) is 15.0. The SMILES string of the molecule is Cc1c(C(C)NCc2c(F)cccc2Cl)cnn1-c1ccc(F)cc1F. The molecule has 0 saturated carbocycles. The lowest BCUT2D eigenvalue weighted by molar-refractivity contribution is 0.542. The Hall–Kier alpha value is -2.31. The fourth-order valence-corrected chi connectivity index (χ4v) is 3.04. The number of halogens is 4. The second-order valence-electron chi connectivity index (χ2n) is 6.00. The minimum Gasteiger partial charge on any atom is -0.306 e. The van der Waals surface area contributed by atoms with Gasteiger partial charge in [0.2, 0.25) is 0 Å². The average molecular weight is 380 g/mol. The first-order valence-electron chi connectivity index (χ1n) is 8.04. The molecule has 1 unspecified atom stereocenters. The Balaban J connectivity index is 1.81. The molecule has 0 radical (unpaired) electrons. The lowest BCUT2D eigenvalue weighted by Gasteiger charge is -2.15. The summed E-state index contributed by atoms with van der Waals surface area (Å²) in [4.78, 5) is 0. The van der Waals surface area contributed by atoms with Gasteiger partial charge in [0.25, 0.3) is 0 Å². The lowest BCUT2D eigenvalue weighted by atomic mass is 10.1. The van der Waals surface area contributed by atoms with Crippen LogP contribution in [0.2, 0.25) is 5.02 Å². The molecule has 0 aliphatic carbocycles. The van der Waals surface area contributed by atoms with E-state index in [9.17, 15) is 13.2 Å². The molecule has 0 aliphatic rings. The van der Waals surface area contributed by atoms with E-state index in [1.54, 1.807) is 25.3 Å². The molecule has 0 spiro atoms. The quantitative estimate of drug-likeness (QED) is 0.668. The molecule has 1 N–H and O–H groups in total. The molecule has 3 nitrogen and oxygen atoms in total. The van der Waals surface area contributed by atoms with Crippen LogP contribution in [0.25, 0.3) is 5.69 Å². The largest absolute Gasteiger partial charge is 0.306 e. The van der Waals surface area contributed by atoms with Crippen LogP contribution in [0.4, 0.5) is 13.2 Å². The summed E-state index contributed by atoms with van der Waals surface area (Å²) in [7, 11) is 0. The van der Waals surface area contributed by atoms with Crippen LogP contribution in [-0.2, 0) is 6.54 Å². The van der Waals surface area contributed by atoms with Crippen LogP contribution < -0.4 is 5.32 Å². The molecule has 0 fully saturated rings. The molecule has 26 heavy (non-hydrogen) atoms. The molecule has 2 aromatic carbocycles. The molecular weight excluding hydrogens is 363 g/mol. The Morgan fingerprint density at radius 1 is 1.15 bits per heavy atom. The van der Waals surface area contributed by atoms with E-state index in [0.29, 0.717) is 16.3 Å². The van der Waals surface area contributed by atoms with Gasteiger partial charge in [-0.3, -0.25) is 0 Å². The number of nitrogens with one attached hydrogen (secondary N) is 1. The predicted molar refractivity (Wildman–Crippen MR) is 94.9 cm³/mol. The van der Waals surface area contributed by atoms with Crippen LogP contribution in [0, 0.1) is 24.4 Å². The van der Waals surface area contributed by atoms with Gasteiger partial charge < -0.3 is 5.32 Å². The van der Waals surface area contributed by atoms with E-state index in [-0.39, 0.29) is 24.1 Å². The van der Waals surface area contributed by atoms with Crippen LogP contribution in [0.15, 0.2) is 42.6 Å². The number of benzene rings is 2. The molecule has 0 amide bonds. The zero-order chi connectivity index (χ0) is 18.8. The highest BCUT2D eigenvalue weighted by molar-refractivity contribution is 6.31. The van der Waals surface area contributed by atoms with E-state index in [1.807, 2.05) is 6.92 Å². The second kappa shape index (κ2) is 7.51. The van der Waals surface area contributed by atoms with Crippen molar-refractivity contribution in [3.63, 3.8) is 0 Å². The average Bonchev–Trinajstić information content (AvgIpc) is 2.96. The Morgan fingerprint density at radius 3 is 2.62 bits per heavy atom. The van der Waals surface area contributed by atoms with Crippen molar-refractivity contribution in [2.45, 2.75) is 26.4 Å². The van der Waals surface area contributed by atoms with Crippen molar-refractivity contribution >= 4 is 11.6 Å². The van der Waals surface area contributed by atoms with Crippen molar-refractivity contribution in [3.8, 4) is 5.69 Å². The van der Waals surface area contributed by atoms with Gasteiger partial charge in [-0.15, -0.1) is 0 Å². The maximum absolute atomic E-state index is 14.0. The molecular formula is C19H17ClF3N3. The molecule has 136 valence electrons. The normalized spacial score (nSPS) is 12.4. The van der Waals surface area contributed by atoms with Gasteiger partial charge in [-0.1, -0.05) is 17.7 Å². The smallest absolute Gasteiger partial charge is 0.151 e. The first-order chi connectivity index (χ1) is 12.4. The Labute approximate surface area is 154 Å². The van der Waals surface area contributed by atoms with Crippen molar-refractivity contribution in [2.75, 3.05) is 0 Å². The summed E-state index contributed by atoms with van der Waals surface area (Å²) < 4.78 is 42.4. The molecule has 3 aromatic rings. The van der Waals surface area contributed by atoms with Crippen molar-refractivity contribution < 1.29 is 13.2 Å². The Bertz CT molecular complexity index is 920. The minimum absolute atomic E-state index is 0.166. The number of nitrogens with zero attached hydrogens (tertiary/aromatic N) is 2. The minimum atomic E-state index is -0.693. The molecule has 1 heterocycles. The summed E-state index contributed by atoms with van der Waals surface area (Å²) in [5.74, 6) is -1.72. The van der Waals surface area contributed by atoms with Crippen LogP contribution in [0.3, 0.4) is 0 Å². The number of aromatic nitrogens is 2. The molecule has 1 aromatic heterocycles. The zero-order valence-electron chi connectivity index (χ0n) is 14.2. The summed E-state index contributed by atoms with van der Waals surface area (Å²) >= 11 is 6.04. The third-order valence-corrected chi connectivity index (χ3v) is 4.65. The summed E-state index contributed by atoms with van der Waals surface area (Å²) in [6.07, 6.45) is 1.61. The highest BCUT2D eigenvalue weighted by Gasteiger charge is 2.17. The van der Waals surface area contributed by atoms with Gasteiger partial charge in [-0.2, -0.15) is 5.10 Å². The number of hydrogen-bond acceptors (Lipinski definition) is 2. The summed E-state index contributed by atoms with van der Waals surface area (Å²) in [6, 6.07) is 7.70. The van der Waals surface area contributed by atoms with Gasteiger partial charge in [0.1, 0.15) is 17.3 Å². The number of rotatable bonds is 5. The molecule has 3 rings (SSSR count). The van der Waals surface area contributed by atoms with Gasteiger partial charge in [-0.25, -0.2) is 17.9 Å². The van der Waals surface area contributed by atoms with Crippen molar-refractivity contribution in [3.05, 3.63) is 81.9 Å². The third kappa shape index (κ3) is 3.61. The lowest BCUT2D eigenvalue weighted by Crippen LogP contribution is -2.19. The summed E-state index contributed by atoms with van der Waals surface area (Å²) in [6.45, 7) is 3.92. The van der Waals surface area contributed by atoms with Crippen molar-refractivity contribution in [2.24, 2.45) is 0 Å². The van der Waals surface area contributed by atoms with E-state index in [0.717, 1.165) is 11.6 Å². The molecule has 7 heteroatoms. The van der Waals surface area contributed by atoms with Crippen LogP contribution in [0.5, 0.6) is 0 Å². The Kier molecular flexibility index (Phi) is 5.34. The standard InChI is InChI=1S/C19H17ClF3N3/c1-11(24-9-15-16(20)4-3-5-17(15)22)14-10-25-26(12(14)2)19-7-6-13(21)8-18(19)23/h3-8,10-11,24H,9H2,1-2H3. The molecule has 1 atom stereocenters. The monoisotopic (exact) mass is 379 g/mol. The molecule has 0 saturated heterocycles. The van der Waals surface area contributed by atoms with Crippen LogP contribution in [-0.4, -0.2) is 9.78 Å². The summed E-state index contributed by atoms with van der Waals surface area (Å²) in [5, 5.41) is 7.75. The first kappa shape index (κ1) is 18.5. The Morgan fingerprint density at radius 2 is 1.92 bits per heavy atom. The second-order valence-corrected chi connectivity index (χ2v) is 6.40. The predicted octanol–water partition coefficient (Wildman–Crippen LogP) is 5.10. The topological polar surface area (TPSA) is 29.9 Å². The van der Waals surface area contributed by atoms with E-state index in [2.05, 4.69) is 10.4 Å². The maximum Gasteiger partial charge on any atom is 0.151 e. The highest BCUT2D eigenvalue weighted by Crippen LogP contribution is 2.24. The van der Waals surface area contributed by atoms with Crippen LogP contribution >= 0.6 is 11.6 Å². The van der Waals surface area contributed by atoms with Gasteiger partial charge >= 0.3 is 0 Å². The van der Waals surface area contributed by atoms with E-state index in [4.69, 9.17) is 11.6 Å². The third-order valence-electron chi connectivity index (χ3n) is 4.30.